The van der Waals surface area contributed by atoms with Crippen molar-refractivity contribution < 1.29 is 4.79 Å². The molecule has 0 aliphatic carbocycles. The third-order valence-electron chi connectivity index (χ3n) is 2.27. The van der Waals surface area contributed by atoms with Gasteiger partial charge in [0.2, 0.25) is 0 Å². The van der Waals surface area contributed by atoms with E-state index < -0.39 is 0 Å². The van der Waals surface area contributed by atoms with Gasteiger partial charge in [-0.1, -0.05) is 24.3 Å². The molecule has 0 aromatic heterocycles. The molecule has 3 nitrogen and oxygen atoms in total. The van der Waals surface area contributed by atoms with Crippen molar-refractivity contribution in [3.8, 4) is 0 Å². The van der Waals surface area contributed by atoms with Gasteiger partial charge in [0.15, 0.2) is 0 Å². The Balaban J connectivity index is 2.58. The van der Waals surface area contributed by atoms with Crippen LogP contribution in [0, 0.1) is 0 Å². The van der Waals surface area contributed by atoms with Gasteiger partial charge in [-0.3, -0.25) is 4.79 Å². The first kappa shape index (κ1) is 12.3. The molecular weight excluding hydrogens is 200 g/mol. The van der Waals surface area contributed by atoms with Gasteiger partial charge < -0.3 is 10.6 Å². The lowest BCUT2D eigenvalue weighted by atomic mass is 10.1. The summed E-state index contributed by atoms with van der Waals surface area (Å²) in [7, 11) is 1.81. The first-order valence-corrected chi connectivity index (χ1v) is 5.45. The Morgan fingerprint density at radius 2 is 2.12 bits per heavy atom. The summed E-state index contributed by atoms with van der Waals surface area (Å²) in [4.78, 5) is 11.8. The third-order valence-corrected chi connectivity index (χ3v) is 2.27. The zero-order valence-corrected chi connectivity index (χ0v) is 9.79. The fraction of sp³-hybridized carbons (Fsp3) is 0.308. The Morgan fingerprint density at radius 3 is 2.81 bits per heavy atom. The van der Waals surface area contributed by atoms with Crippen molar-refractivity contribution in [1.82, 2.24) is 5.32 Å². The molecule has 1 aromatic rings. The number of para-hydroxylation sites is 1. The fourth-order valence-electron chi connectivity index (χ4n) is 1.43. The van der Waals surface area contributed by atoms with Crippen LogP contribution in [0.2, 0.25) is 0 Å². The number of nitrogens with one attached hydrogen (secondary N) is 2. The van der Waals surface area contributed by atoms with E-state index in [9.17, 15) is 4.79 Å². The van der Waals surface area contributed by atoms with Crippen molar-refractivity contribution in [1.29, 1.82) is 0 Å². The number of benzene rings is 1. The van der Waals surface area contributed by atoms with Gasteiger partial charge in [0.25, 0.3) is 5.91 Å². The number of carbonyl (C=O) groups is 1. The summed E-state index contributed by atoms with van der Waals surface area (Å²) < 4.78 is 0. The molecule has 0 saturated carbocycles. The Morgan fingerprint density at radius 1 is 1.38 bits per heavy atom. The Bertz CT molecular complexity index is 372. The van der Waals surface area contributed by atoms with Crippen molar-refractivity contribution in [2.45, 2.75) is 13.3 Å². The van der Waals surface area contributed by atoms with Crippen LogP contribution in [0.15, 0.2) is 36.4 Å². The molecule has 0 aliphatic heterocycles. The molecule has 0 aliphatic rings. The molecule has 1 aromatic carbocycles. The number of hydrogen-bond donors (Lipinski definition) is 2. The summed E-state index contributed by atoms with van der Waals surface area (Å²) >= 11 is 0. The van der Waals surface area contributed by atoms with Gasteiger partial charge in [-0.25, -0.2) is 0 Å². The lowest BCUT2D eigenvalue weighted by Gasteiger charge is -2.08. The van der Waals surface area contributed by atoms with Gasteiger partial charge in [-0.15, -0.1) is 0 Å². The minimum Gasteiger partial charge on any atom is -0.387 e. The second-order valence-corrected chi connectivity index (χ2v) is 3.41. The van der Waals surface area contributed by atoms with E-state index in [1.165, 1.54) is 0 Å². The highest BCUT2D eigenvalue weighted by Crippen LogP contribution is 2.13. The van der Waals surface area contributed by atoms with Gasteiger partial charge >= 0.3 is 0 Å². The van der Waals surface area contributed by atoms with E-state index in [0.717, 1.165) is 12.1 Å². The predicted molar refractivity (Wildman–Crippen MR) is 67.8 cm³/mol. The van der Waals surface area contributed by atoms with Crippen LogP contribution in [0.5, 0.6) is 0 Å². The minimum absolute atomic E-state index is 0.0329. The lowest BCUT2D eigenvalue weighted by Crippen LogP contribution is -2.24. The monoisotopic (exact) mass is 218 g/mol. The largest absolute Gasteiger partial charge is 0.387 e. The minimum atomic E-state index is -0.0329. The number of allylic oxidation sites excluding steroid dienone is 1. The zero-order chi connectivity index (χ0) is 11.8. The van der Waals surface area contributed by atoms with Crippen LogP contribution in [0.3, 0.4) is 0 Å². The van der Waals surface area contributed by atoms with Gasteiger partial charge in [0.1, 0.15) is 0 Å². The normalized spacial score (nSPS) is 10.4. The van der Waals surface area contributed by atoms with Crippen LogP contribution in [-0.2, 0) is 0 Å². The molecule has 0 saturated heterocycles. The van der Waals surface area contributed by atoms with Crippen LogP contribution >= 0.6 is 0 Å². The second kappa shape index (κ2) is 6.67. The van der Waals surface area contributed by atoms with Crippen LogP contribution in [-0.4, -0.2) is 19.5 Å². The van der Waals surface area contributed by atoms with E-state index >= 15 is 0 Å². The molecule has 2 N–H and O–H groups in total. The number of rotatable bonds is 5. The van der Waals surface area contributed by atoms with Crippen LogP contribution in [0.4, 0.5) is 5.69 Å². The summed E-state index contributed by atoms with van der Waals surface area (Å²) in [5.41, 5.74) is 1.54. The van der Waals surface area contributed by atoms with Crippen molar-refractivity contribution in [2.75, 3.05) is 18.9 Å². The predicted octanol–water partition coefficient (Wildman–Crippen LogP) is 2.42. The SMILES string of the molecule is C/C=C/CCNC(=O)c1ccccc1NC. The number of amides is 1. The number of hydrogen-bond acceptors (Lipinski definition) is 2. The molecule has 0 spiro atoms. The highest BCUT2D eigenvalue weighted by Gasteiger charge is 2.08. The third kappa shape index (κ3) is 3.42. The number of carbonyl (C=O) groups excluding carboxylic acids is 1. The molecule has 0 unspecified atom stereocenters. The lowest BCUT2D eigenvalue weighted by molar-refractivity contribution is 0.0955. The molecule has 1 amide bonds. The Kier molecular flexibility index (Phi) is 5.12. The summed E-state index contributed by atoms with van der Waals surface area (Å²) in [6, 6.07) is 7.47. The molecule has 86 valence electrons. The van der Waals surface area contributed by atoms with Gasteiger partial charge in [-0.2, -0.15) is 0 Å². The smallest absolute Gasteiger partial charge is 0.253 e. The highest BCUT2D eigenvalue weighted by atomic mass is 16.1. The summed E-state index contributed by atoms with van der Waals surface area (Å²) in [5.74, 6) is -0.0329. The van der Waals surface area contributed by atoms with Crippen molar-refractivity contribution in [2.24, 2.45) is 0 Å². The van der Waals surface area contributed by atoms with E-state index in [-0.39, 0.29) is 5.91 Å². The van der Waals surface area contributed by atoms with E-state index in [1.54, 1.807) is 0 Å². The fourth-order valence-corrected chi connectivity index (χ4v) is 1.43. The van der Waals surface area contributed by atoms with E-state index in [2.05, 4.69) is 10.6 Å². The second-order valence-electron chi connectivity index (χ2n) is 3.41. The maximum atomic E-state index is 11.8. The standard InChI is InChI=1S/C13H18N2O/c1-3-4-7-10-15-13(16)11-8-5-6-9-12(11)14-2/h3-6,8-9,14H,7,10H2,1-2H3,(H,15,16)/b4-3+. The van der Waals surface area contributed by atoms with E-state index in [0.29, 0.717) is 12.1 Å². The van der Waals surface area contributed by atoms with E-state index in [4.69, 9.17) is 0 Å². The molecule has 3 heteroatoms. The molecule has 0 heterocycles. The van der Waals surface area contributed by atoms with Gasteiger partial charge in [0.05, 0.1) is 5.56 Å². The first-order valence-electron chi connectivity index (χ1n) is 5.45. The van der Waals surface area contributed by atoms with Crippen molar-refractivity contribution >= 4 is 11.6 Å². The molecule has 1 rings (SSSR count). The molecular formula is C13H18N2O. The van der Waals surface area contributed by atoms with Gasteiger partial charge in [0, 0.05) is 19.3 Å². The van der Waals surface area contributed by atoms with E-state index in [1.807, 2.05) is 50.4 Å². The summed E-state index contributed by atoms with van der Waals surface area (Å²) in [6.07, 6.45) is 4.88. The zero-order valence-electron chi connectivity index (χ0n) is 9.79. The quantitative estimate of drug-likeness (QED) is 0.588. The average Bonchev–Trinajstić information content (AvgIpc) is 2.34. The van der Waals surface area contributed by atoms with Crippen LogP contribution in [0.25, 0.3) is 0 Å². The molecule has 0 fully saturated rings. The Labute approximate surface area is 96.6 Å². The number of anilines is 1. The maximum Gasteiger partial charge on any atom is 0.253 e. The molecule has 16 heavy (non-hydrogen) atoms. The van der Waals surface area contributed by atoms with Crippen LogP contribution in [0.1, 0.15) is 23.7 Å². The molecule has 0 radical (unpaired) electrons. The average molecular weight is 218 g/mol. The molecule has 0 bridgehead atoms. The summed E-state index contributed by atoms with van der Waals surface area (Å²) in [6.45, 7) is 2.64. The van der Waals surface area contributed by atoms with Gasteiger partial charge in [-0.05, 0) is 25.5 Å². The first-order chi connectivity index (χ1) is 7.79. The topological polar surface area (TPSA) is 41.1 Å². The summed E-state index contributed by atoms with van der Waals surface area (Å²) in [5, 5.41) is 5.88. The van der Waals surface area contributed by atoms with Crippen molar-refractivity contribution in [3.05, 3.63) is 42.0 Å². The maximum absolute atomic E-state index is 11.8. The Hall–Kier alpha value is -1.77. The van der Waals surface area contributed by atoms with Crippen LogP contribution < -0.4 is 10.6 Å². The highest BCUT2D eigenvalue weighted by molar-refractivity contribution is 5.99. The van der Waals surface area contributed by atoms with Crippen molar-refractivity contribution in [3.63, 3.8) is 0 Å². The molecule has 0 atom stereocenters.